The number of benzene rings is 1. The van der Waals surface area contributed by atoms with Crippen LogP contribution in [0.5, 0.6) is 0 Å². The van der Waals surface area contributed by atoms with Crippen LogP contribution in [0.2, 0.25) is 0 Å². The van der Waals surface area contributed by atoms with Crippen molar-refractivity contribution in [3.8, 4) is 0 Å². The first kappa shape index (κ1) is 21.5. The van der Waals surface area contributed by atoms with Crippen LogP contribution in [0.3, 0.4) is 0 Å². The predicted molar refractivity (Wildman–Crippen MR) is 103 cm³/mol. The molecule has 2 amide bonds. The molecule has 0 aromatic heterocycles. The molecule has 3 atom stereocenters. The van der Waals surface area contributed by atoms with Gasteiger partial charge >= 0.3 is 0 Å². The fraction of sp³-hybridized carbons (Fsp3) is 0.579. The minimum Gasteiger partial charge on any atom is -0.350 e. The molecule has 0 radical (unpaired) electrons. The summed E-state index contributed by atoms with van der Waals surface area (Å²) < 4.78 is 0. The highest BCUT2D eigenvalue weighted by Gasteiger charge is 2.29. The number of halogens is 1. The SMILES string of the molecule is Cc1ccccc1C(=O)NC(C(=O)NC1CCCNC1C)C(C)C.Cl. The Kier molecular flexibility index (Phi) is 8.39. The molecule has 1 fully saturated rings. The molecule has 25 heavy (non-hydrogen) atoms. The van der Waals surface area contributed by atoms with Crippen molar-refractivity contribution >= 4 is 24.2 Å². The van der Waals surface area contributed by atoms with Gasteiger partial charge in [-0.1, -0.05) is 32.0 Å². The van der Waals surface area contributed by atoms with E-state index >= 15 is 0 Å². The van der Waals surface area contributed by atoms with E-state index in [-0.39, 0.29) is 42.2 Å². The molecule has 2 rings (SSSR count). The molecule has 0 aliphatic carbocycles. The van der Waals surface area contributed by atoms with Crippen molar-refractivity contribution in [3.63, 3.8) is 0 Å². The van der Waals surface area contributed by atoms with Gasteiger partial charge in [-0.15, -0.1) is 12.4 Å². The Bertz CT molecular complexity index is 592. The second-order valence-corrected chi connectivity index (χ2v) is 7.01. The van der Waals surface area contributed by atoms with E-state index in [0.29, 0.717) is 5.56 Å². The summed E-state index contributed by atoms with van der Waals surface area (Å²) in [5, 5.41) is 9.39. The summed E-state index contributed by atoms with van der Waals surface area (Å²) in [4.78, 5) is 25.2. The van der Waals surface area contributed by atoms with E-state index in [4.69, 9.17) is 0 Å². The lowest BCUT2D eigenvalue weighted by Crippen LogP contribution is -2.57. The largest absolute Gasteiger partial charge is 0.350 e. The van der Waals surface area contributed by atoms with Gasteiger partial charge in [0.1, 0.15) is 6.04 Å². The van der Waals surface area contributed by atoms with Crippen LogP contribution in [-0.4, -0.2) is 36.5 Å². The second-order valence-electron chi connectivity index (χ2n) is 7.01. The molecule has 1 aliphatic heterocycles. The zero-order valence-corrected chi connectivity index (χ0v) is 16.3. The van der Waals surface area contributed by atoms with E-state index in [1.807, 2.05) is 39.0 Å². The summed E-state index contributed by atoms with van der Waals surface area (Å²) in [6.45, 7) is 8.87. The summed E-state index contributed by atoms with van der Waals surface area (Å²) in [5.74, 6) is -0.283. The summed E-state index contributed by atoms with van der Waals surface area (Å²) in [6, 6.07) is 7.25. The van der Waals surface area contributed by atoms with E-state index < -0.39 is 6.04 Å². The van der Waals surface area contributed by atoms with Gasteiger partial charge in [-0.25, -0.2) is 0 Å². The molecule has 0 bridgehead atoms. The molecule has 1 aliphatic rings. The molecule has 0 spiro atoms. The lowest BCUT2D eigenvalue weighted by molar-refractivity contribution is -0.125. The van der Waals surface area contributed by atoms with E-state index in [1.165, 1.54) is 0 Å². The molecule has 0 saturated carbocycles. The van der Waals surface area contributed by atoms with Crippen LogP contribution in [0.4, 0.5) is 0 Å². The molecule has 1 heterocycles. The summed E-state index contributed by atoms with van der Waals surface area (Å²) >= 11 is 0. The van der Waals surface area contributed by atoms with Gasteiger partial charge in [0.15, 0.2) is 0 Å². The van der Waals surface area contributed by atoms with E-state index in [2.05, 4.69) is 22.9 Å². The van der Waals surface area contributed by atoms with Gasteiger partial charge in [0.2, 0.25) is 5.91 Å². The second kappa shape index (κ2) is 9.78. The summed E-state index contributed by atoms with van der Waals surface area (Å²) in [7, 11) is 0. The van der Waals surface area contributed by atoms with Crippen LogP contribution >= 0.6 is 12.4 Å². The minimum absolute atomic E-state index is 0. The maximum Gasteiger partial charge on any atom is 0.252 e. The maximum atomic E-state index is 12.7. The first-order chi connectivity index (χ1) is 11.4. The molecule has 6 heteroatoms. The molecule has 3 N–H and O–H groups in total. The molecule has 1 aromatic carbocycles. The first-order valence-electron chi connectivity index (χ1n) is 8.80. The minimum atomic E-state index is -0.536. The van der Waals surface area contributed by atoms with Crippen molar-refractivity contribution < 1.29 is 9.59 Å². The third kappa shape index (κ3) is 5.72. The van der Waals surface area contributed by atoms with Crippen molar-refractivity contribution in [1.82, 2.24) is 16.0 Å². The van der Waals surface area contributed by atoms with Gasteiger partial charge in [-0.3, -0.25) is 9.59 Å². The number of hydrogen-bond donors (Lipinski definition) is 3. The molecule has 5 nitrogen and oxygen atoms in total. The van der Waals surface area contributed by atoms with Crippen LogP contribution < -0.4 is 16.0 Å². The average Bonchev–Trinajstić information content (AvgIpc) is 2.54. The number of carbonyl (C=O) groups excluding carboxylic acids is 2. The fourth-order valence-electron chi connectivity index (χ4n) is 3.10. The van der Waals surface area contributed by atoms with Crippen molar-refractivity contribution in [2.24, 2.45) is 5.92 Å². The first-order valence-corrected chi connectivity index (χ1v) is 8.80. The molecule has 140 valence electrons. The summed E-state index contributed by atoms with van der Waals surface area (Å²) in [6.07, 6.45) is 2.02. The van der Waals surface area contributed by atoms with Crippen LogP contribution in [0.15, 0.2) is 24.3 Å². The van der Waals surface area contributed by atoms with Crippen LogP contribution in [0.1, 0.15) is 49.5 Å². The van der Waals surface area contributed by atoms with Crippen LogP contribution in [0.25, 0.3) is 0 Å². The van der Waals surface area contributed by atoms with Crippen molar-refractivity contribution in [2.75, 3.05) is 6.54 Å². The van der Waals surface area contributed by atoms with Gasteiger partial charge < -0.3 is 16.0 Å². The number of nitrogens with one attached hydrogen (secondary N) is 3. The quantitative estimate of drug-likeness (QED) is 0.748. The number of rotatable bonds is 5. The van der Waals surface area contributed by atoms with Crippen LogP contribution in [0, 0.1) is 12.8 Å². The third-order valence-corrected chi connectivity index (χ3v) is 4.71. The van der Waals surface area contributed by atoms with Gasteiger partial charge in [-0.2, -0.15) is 0 Å². The van der Waals surface area contributed by atoms with E-state index in [0.717, 1.165) is 24.9 Å². The van der Waals surface area contributed by atoms with Gasteiger partial charge in [0.25, 0.3) is 5.91 Å². The Morgan fingerprint density at radius 3 is 2.52 bits per heavy atom. The maximum absolute atomic E-state index is 12.7. The van der Waals surface area contributed by atoms with E-state index in [1.54, 1.807) is 6.07 Å². The average molecular weight is 368 g/mol. The van der Waals surface area contributed by atoms with Gasteiger partial charge in [0, 0.05) is 17.6 Å². The van der Waals surface area contributed by atoms with E-state index in [9.17, 15) is 9.59 Å². The molecular weight excluding hydrogens is 338 g/mol. The molecule has 1 saturated heterocycles. The lowest BCUT2D eigenvalue weighted by Gasteiger charge is -2.32. The number of hydrogen-bond acceptors (Lipinski definition) is 3. The smallest absolute Gasteiger partial charge is 0.252 e. The predicted octanol–water partition coefficient (Wildman–Crippen LogP) is 2.43. The molecule has 3 unspecified atom stereocenters. The van der Waals surface area contributed by atoms with Gasteiger partial charge in [0.05, 0.1) is 0 Å². The molecular formula is C19H30ClN3O2. The Hall–Kier alpha value is -1.59. The number of aryl methyl sites for hydroxylation is 1. The summed E-state index contributed by atoms with van der Waals surface area (Å²) in [5.41, 5.74) is 1.52. The standard InChI is InChI=1S/C19H29N3O2.ClH/c1-12(2)17(19(24)21-16-10-7-11-20-14(16)4)22-18(23)15-9-6-5-8-13(15)3;/h5-6,8-9,12,14,16-17,20H,7,10-11H2,1-4H3,(H,21,24)(H,22,23);1H. The monoisotopic (exact) mass is 367 g/mol. The highest BCUT2D eigenvalue weighted by Crippen LogP contribution is 2.12. The van der Waals surface area contributed by atoms with Crippen molar-refractivity contribution in [2.45, 2.75) is 58.7 Å². The van der Waals surface area contributed by atoms with Crippen molar-refractivity contribution in [1.29, 1.82) is 0 Å². The molecule has 1 aromatic rings. The Labute approximate surface area is 156 Å². The highest BCUT2D eigenvalue weighted by molar-refractivity contribution is 5.98. The van der Waals surface area contributed by atoms with Gasteiger partial charge in [-0.05, 0) is 50.8 Å². The fourth-order valence-corrected chi connectivity index (χ4v) is 3.10. The third-order valence-electron chi connectivity index (χ3n) is 4.71. The number of carbonyl (C=O) groups is 2. The zero-order chi connectivity index (χ0) is 17.7. The highest BCUT2D eigenvalue weighted by atomic mass is 35.5. The Balaban J connectivity index is 0.00000312. The normalized spacial score (nSPS) is 21.2. The topological polar surface area (TPSA) is 70.2 Å². The number of amides is 2. The van der Waals surface area contributed by atoms with Crippen molar-refractivity contribution in [3.05, 3.63) is 35.4 Å². The Morgan fingerprint density at radius 1 is 1.24 bits per heavy atom. The Morgan fingerprint density at radius 2 is 1.92 bits per heavy atom. The zero-order valence-electron chi connectivity index (χ0n) is 15.5. The number of piperidine rings is 1. The van der Waals surface area contributed by atoms with Crippen LogP contribution in [-0.2, 0) is 4.79 Å². The lowest BCUT2D eigenvalue weighted by atomic mass is 9.97.